The minimum atomic E-state index is -0.685. The number of nitrogens with one attached hydrogen (secondary N) is 4. The normalized spacial score (nSPS) is 16.8. The molecule has 1 unspecified atom stereocenters. The maximum absolute atomic E-state index is 13.7. The second kappa shape index (κ2) is 15.7. The summed E-state index contributed by atoms with van der Waals surface area (Å²) >= 11 is 3.37. The average molecular weight is 760 g/mol. The lowest BCUT2D eigenvalue weighted by Gasteiger charge is -2.29. The Morgan fingerprint density at radius 2 is 1.74 bits per heavy atom. The van der Waals surface area contributed by atoms with Crippen molar-refractivity contribution in [2.75, 3.05) is 27.3 Å². The molecule has 5 heterocycles. The Kier molecular flexibility index (Phi) is 11.0. The number of hydrogen-bond acceptors (Lipinski definition) is 11. The Hall–Kier alpha value is -4.15. The van der Waals surface area contributed by atoms with Crippen LogP contribution in [0.4, 0.5) is 4.79 Å². The first kappa shape index (κ1) is 37.2. The highest BCUT2D eigenvalue weighted by atomic mass is 32.1. The van der Waals surface area contributed by atoms with Gasteiger partial charge in [-0.1, -0.05) is 33.8 Å². The van der Waals surface area contributed by atoms with E-state index in [9.17, 15) is 9.59 Å². The van der Waals surface area contributed by atoms with Gasteiger partial charge in [0.15, 0.2) is 0 Å². The van der Waals surface area contributed by atoms with Crippen molar-refractivity contribution in [1.29, 1.82) is 0 Å². The van der Waals surface area contributed by atoms with Crippen molar-refractivity contribution in [3.63, 3.8) is 0 Å². The van der Waals surface area contributed by atoms with E-state index in [-0.39, 0.29) is 29.8 Å². The van der Waals surface area contributed by atoms with Gasteiger partial charge in [0, 0.05) is 18.5 Å². The van der Waals surface area contributed by atoms with Gasteiger partial charge in [0.05, 0.1) is 62.1 Å². The van der Waals surface area contributed by atoms with Gasteiger partial charge in [0.25, 0.3) is 0 Å². The van der Waals surface area contributed by atoms with E-state index in [0.29, 0.717) is 19.0 Å². The predicted molar refractivity (Wildman–Crippen MR) is 212 cm³/mol. The Morgan fingerprint density at radius 3 is 2.47 bits per heavy atom. The molecular weight excluding hydrogens is 711 g/mol. The molecule has 0 aliphatic carbocycles. The largest absolute Gasteiger partial charge is 0.453 e. The summed E-state index contributed by atoms with van der Waals surface area (Å²) in [6.45, 7) is 9.48. The number of amides is 2. The van der Waals surface area contributed by atoms with Crippen LogP contribution in [0.3, 0.4) is 0 Å². The van der Waals surface area contributed by atoms with Gasteiger partial charge in [-0.2, -0.15) is 5.48 Å². The van der Waals surface area contributed by atoms with Gasteiger partial charge in [0.1, 0.15) is 22.7 Å². The molecule has 2 aromatic carbocycles. The molecule has 0 radical (unpaired) electrons. The van der Waals surface area contributed by atoms with E-state index in [4.69, 9.17) is 30.3 Å². The Morgan fingerprint density at radius 1 is 0.981 bits per heavy atom. The lowest BCUT2D eigenvalue weighted by molar-refractivity contribution is -0.135. The van der Waals surface area contributed by atoms with E-state index in [2.05, 4.69) is 58.9 Å². The number of thiophene rings is 1. The van der Waals surface area contributed by atoms with E-state index in [1.165, 1.54) is 7.11 Å². The van der Waals surface area contributed by atoms with Crippen molar-refractivity contribution in [3.05, 3.63) is 42.0 Å². The molecule has 1 saturated heterocycles. The highest BCUT2D eigenvalue weighted by Crippen LogP contribution is 2.42. The van der Waals surface area contributed by atoms with E-state index in [1.807, 2.05) is 24.8 Å². The fourth-order valence-corrected chi connectivity index (χ4v) is 9.74. The highest BCUT2D eigenvalue weighted by Gasteiger charge is 2.37. The van der Waals surface area contributed by atoms with E-state index >= 15 is 0 Å². The number of imidazole rings is 2. The molecule has 0 saturated carbocycles. The number of ether oxygens (including phenoxy) is 1. The number of carbonyl (C=O) groups excluding carboxylic acids is 2. The molecule has 282 valence electrons. The third-order valence-corrected chi connectivity index (χ3v) is 12.8. The summed E-state index contributed by atoms with van der Waals surface area (Å²) < 4.78 is 6.98. The molecule has 6 N–H and O–H groups in total. The number of likely N-dealkylation sites (tertiary alicyclic amines) is 1. The smallest absolute Gasteiger partial charge is 0.407 e. The molecule has 0 bridgehead atoms. The molecule has 7 rings (SSSR count). The van der Waals surface area contributed by atoms with Gasteiger partial charge in [-0.3, -0.25) is 4.79 Å². The maximum Gasteiger partial charge on any atom is 0.407 e. The van der Waals surface area contributed by atoms with Gasteiger partial charge in [-0.05, 0) is 80.1 Å². The summed E-state index contributed by atoms with van der Waals surface area (Å²) in [7, 11) is 2.97. The molecule has 4 aromatic heterocycles. The van der Waals surface area contributed by atoms with Crippen LogP contribution in [0.2, 0.25) is 0 Å². The van der Waals surface area contributed by atoms with Gasteiger partial charge >= 0.3 is 6.09 Å². The van der Waals surface area contributed by atoms with Crippen LogP contribution in [-0.4, -0.2) is 81.2 Å². The van der Waals surface area contributed by atoms with Crippen LogP contribution in [0.15, 0.2) is 30.3 Å². The summed E-state index contributed by atoms with van der Waals surface area (Å²) in [5.74, 6) is 2.10. The van der Waals surface area contributed by atoms with Gasteiger partial charge in [-0.25, -0.2) is 19.7 Å². The molecule has 6 aromatic rings. The predicted octanol–water partition coefficient (Wildman–Crippen LogP) is 7.36. The van der Waals surface area contributed by atoms with Crippen LogP contribution in [0.25, 0.3) is 52.3 Å². The van der Waals surface area contributed by atoms with Crippen molar-refractivity contribution in [2.45, 2.75) is 83.8 Å². The van der Waals surface area contributed by atoms with Crippen LogP contribution >= 0.6 is 22.7 Å². The summed E-state index contributed by atoms with van der Waals surface area (Å²) in [5.41, 5.74) is 13.8. The quantitative estimate of drug-likeness (QED) is 0.0711. The SMILES string of the molecule is CON[C@H](CC(CCCN)c1nc2ccc3nc(-c4cc5ccc6nc([C@@H]7CCCN7C(=O)[C@@H](NC(=O)OC)C(C)C)[nH]c6c5s4)sc3c2[nH]1)C(C)C. The fourth-order valence-electron chi connectivity index (χ4n) is 7.47. The van der Waals surface area contributed by atoms with Crippen LogP contribution in [0.1, 0.15) is 83.4 Å². The summed E-state index contributed by atoms with van der Waals surface area (Å²) in [6, 6.07) is 9.74. The third kappa shape index (κ3) is 7.37. The lowest BCUT2D eigenvalue weighted by atomic mass is 9.89. The topological polar surface area (TPSA) is 176 Å². The van der Waals surface area contributed by atoms with Crippen LogP contribution in [0, 0.1) is 11.8 Å². The van der Waals surface area contributed by atoms with E-state index in [0.717, 1.165) is 96.0 Å². The number of benzene rings is 2. The average Bonchev–Trinajstić information content (AvgIpc) is 3.98. The van der Waals surface area contributed by atoms with Gasteiger partial charge in [-0.15, -0.1) is 22.7 Å². The number of nitrogens with two attached hydrogens (primary N) is 1. The summed E-state index contributed by atoms with van der Waals surface area (Å²) in [5, 5.41) is 4.79. The minimum Gasteiger partial charge on any atom is -0.453 e. The Bertz CT molecular complexity index is 2240. The number of rotatable bonds is 14. The first-order chi connectivity index (χ1) is 25.6. The minimum absolute atomic E-state index is 0.101. The van der Waals surface area contributed by atoms with E-state index in [1.54, 1.807) is 29.8 Å². The molecule has 0 spiro atoms. The zero-order valence-corrected chi connectivity index (χ0v) is 32.7. The first-order valence-electron chi connectivity index (χ1n) is 18.4. The number of aromatic nitrogens is 5. The van der Waals surface area contributed by atoms with Crippen molar-refractivity contribution >= 4 is 77.0 Å². The molecule has 1 fully saturated rings. The molecule has 15 heteroatoms. The number of fused-ring (bicyclic) bond motifs is 6. The molecule has 13 nitrogen and oxygen atoms in total. The number of carbonyl (C=O) groups is 2. The van der Waals surface area contributed by atoms with Crippen molar-refractivity contribution in [2.24, 2.45) is 17.6 Å². The monoisotopic (exact) mass is 759 g/mol. The Balaban J connectivity index is 1.19. The highest BCUT2D eigenvalue weighted by molar-refractivity contribution is 7.29. The number of thiazole rings is 1. The Labute approximate surface area is 316 Å². The molecule has 1 aliphatic heterocycles. The third-order valence-electron chi connectivity index (χ3n) is 10.4. The number of hydroxylamine groups is 1. The maximum atomic E-state index is 13.7. The number of nitrogens with zero attached hydrogens (tertiary/aromatic N) is 4. The van der Waals surface area contributed by atoms with Crippen LogP contribution in [-0.2, 0) is 14.4 Å². The zero-order chi connectivity index (χ0) is 37.4. The van der Waals surface area contributed by atoms with Gasteiger partial charge in [0.2, 0.25) is 5.91 Å². The number of aromatic amines is 2. The number of alkyl carbamates (subject to hydrolysis) is 1. The zero-order valence-electron chi connectivity index (χ0n) is 31.1. The first-order valence-corrected chi connectivity index (χ1v) is 20.1. The van der Waals surface area contributed by atoms with E-state index < -0.39 is 12.1 Å². The second-order valence-electron chi connectivity index (χ2n) is 14.6. The van der Waals surface area contributed by atoms with Crippen molar-refractivity contribution in [3.8, 4) is 9.88 Å². The van der Waals surface area contributed by atoms with Gasteiger partial charge < -0.3 is 35.5 Å². The summed E-state index contributed by atoms with van der Waals surface area (Å²) in [6.07, 6.45) is 3.77. The number of H-pyrrole nitrogens is 2. The van der Waals surface area contributed by atoms with Crippen LogP contribution in [0.5, 0.6) is 0 Å². The standard InChI is InChI=1S/C38H49N9O4S2/c1-19(2)26(46-51-6)17-22(9-7-15-39)34-40-24-13-14-25-33(31(24)43-34)53-36(42-25)28-18-21-11-12-23-30(32(21)52-28)44-35(41-23)27-10-8-16-47(27)37(48)29(20(3)4)45-38(49)50-5/h11-14,18-20,22,26-27,29,46H,7-10,15-17,39H2,1-6H3,(H,40,43)(H,41,44)(H,45,49)/t22?,26-,27+,29+/m1/s1. The lowest BCUT2D eigenvalue weighted by Crippen LogP contribution is -2.51. The second-order valence-corrected chi connectivity index (χ2v) is 16.7. The van der Waals surface area contributed by atoms with Crippen molar-refractivity contribution in [1.82, 2.24) is 40.6 Å². The van der Waals surface area contributed by atoms with Crippen LogP contribution < -0.4 is 16.5 Å². The number of methoxy groups -OCH3 is 1. The summed E-state index contributed by atoms with van der Waals surface area (Å²) in [4.78, 5) is 56.5. The van der Waals surface area contributed by atoms with Crippen molar-refractivity contribution < 1.29 is 19.2 Å². The molecule has 2 amide bonds. The number of hydrogen-bond donors (Lipinski definition) is 5. The fraction of sp³-hybridized carbons (Fsp3) is 0.500. The molecule has 1 aliphatic rings. The molecule has 4 atom stereocenters. The molecular formula is C38H49N9O4S2. The molecule has 53 heavy (non-hydrogen) atoms.